The summed E-state index contributed by atoms with van der Waals surface area (Å²) in [5.74, 6) is 0. The third-order valence-electron chi connectivity index (χ3n) is 12.1. The Kier molecular flexibility index (Phi) is 6.29. The number of hydrogen-bond donors (Lipinski definition) is 0. The Labute approximate surface area is 319 Å². The number of fused-ring (bicyclic) bond motifs is 10. The van der Waals surface area contributed by atoms with E-state index < -0.39 is 0 Å². The van der Waals surface area contributed by atoms with E-state index in [0.717, 1.165) is 50.1 Å². The molecule has 1 heterocycles. The van der Waals surface area contributed by atoms with Crippen molar-refractivity contribution in [1.82, 2.24) is 0 Å². The molecule has 2 heteroatoms. The minimum absolute atomic E-state index is 0.246. The third kappa shape index (κ3) is 4.19. The van der Waals surface area contributed by atoms with Gasteiger partial charge >= 0.3 is 0 Å². The van der Waals surface area contributed by atoms with Crippen molar-refractivity contribution in [2.45, 2.75) is 5.41 Å². The first-order chi connectivity index (χ1) is 27.3. The third-order valence-corrected chi connectivity index (χ3v) is 12.1. The van der Waals surface area contributed by atoms with E-state index in [4.69, 9.17) is 4.42 Å². The van der Waals surface area contributed by atoms with Gasteiger partial charge in [-0.3, -0.25) is 0 Å². The van der Waals surface area contributed by atoms with Gasteiger partial charge in [0.2, 0.25) is 0 Å². The van der Waals surface area contributed by atoms with Crippen LogP contribution >= 0.6 is 0 Å². The Hall–Kier alpha value is -7.16. The first-order valence-electron chi connectivity index (χ1n) is 19.0. The van der Waals surface area contributed by atoms with Gasteiger partial charge in [-0.05, 0) is 109 Å². The SMILES string of the molecule is c1ccc(N(c2ccc(-c3ccc4c(c3)C3(c5ccccc5-4)c4cccc5cccc3c45)cc2)c2ccc(-c3cccc4c3oc3ccccc34)cc2)cc1. The number of anilines is 3. The summed E-state index contributed by atoms with van der Waals surface area (Å²) in [6.45, 7) is 0. The molecule has 0 unspecified atom stereocenters. The van der Waals surface area contributed by atoms with E-state index in [-0.39, 0.29) is 5.41 Å². The topological polar surface area (TPSA) is 16.4 Å². The predicted molar refractivity (Wildman–Crippen MR) is 228 cm³/mol. The van der Waals surface area contributed by atoms with Gasteiger partial charge in [-0.25, -0.2) is 0 Å². The summed E-state index contributed by atoms with van der Waals surface area (Å²) in [6.07, 6.45) is 0. The lowest BCUT2D eigenvalue weighted by molar-refractivity contribution is 0.670. The number of para-hydroxylation sites is 3. The normalized spacial score (nSPS) is 13.2. The maximum absolute atomic E-state index is 6.38. The zero-order valence-corrected chi connectivity index (χ0v) is 29.9. The molecule has 2 aliphatic rings. The summed E-state index contributed by atoms with van der Waals surface area (Å²) in [6, 6.07) is 72.9. The maximum atomic E-state index is 6.38. The monoisotopic (exact) mass is 699 g/mol. The van der Waals surface area contributed by atoms with E-state index in [0.29, 0.717) is 0 Å². The molecule has 55 heavy (non-hydrogen) atoms. The summed E-state index contributed by atoms with van der Waals surface area (Å²) >= 11 is 0. The van der Waals surface area contributed by atoms with Crippen LogP contribution in [0.1, 0.15) is 22.3 Å². The van der Waals surface area contributed by atoms with Gasteiger partial charge in [0.25, 0.3) is 0 Å². The smallest absolute Gasteiger partial charge is 0.143 e. The first kappa shape index (κ1) is 30.3. The van der Waals surface area contributed by atoms with Crippen molar-refractivity contribution >= 4 is 49.8 Å². The zero-order chi connectivity index (χ0) is 36.1. The van der Waals surface area contributed by atoms with Crippen LogP contribution in [0.2, 0.25) is 0 Å². The number of nitrogens with zero attached hydrogens (tertiary/aromatic N) is 1. The molecule has 10 aromatic rings. The summed E-state index contributed by atoms with van der Waals surface area (Å²) in [4.78, 5) is 2.33. The molecule has 0 fully saturated rings. The maximum Gasteiger partial charge on any atom is 0.143 e. The number of benzene rings is 9. The van der Waals surface area contributed by atoms with Crippen molar-refractivity contribution in [3.05, 3.63) is 222 Å². The molecule has 0 saturated carbocycles. The molecule has 0 saturated heterocycles. The van der Waals surface area contributed by atoms with Crippen LogP contribution in [0.4, 0.5) is 17.1 Å². The van der Waals surface area contributed by atoms with Crippen LogP contribution in [0.5, 0.6) is 0 Å². The largest absolute Gasteiger partial charge is 0.455 e. The zero-order valence-electron chi connectivity index (χ0n) is 29.9. The summed E-state index contributed by atoms with van der Waals surface area (Å²) in [5, 5.41) is 5.01. The molecule has 12 rings (SSSR count). The van der Waals surface area contributed by atoms with Crippen molar-refractivity contribution in [2.24, 2.45) is 0 Å². The van der Waals surface area contributed by atoms with Gasteiger partial charge in [0.15, 0.2) is 0 Å². The molecular weight excluding hydrogens is 667 g/mol. The van der Waals surface area contributed by atoms with E-state index in [1.165, 1.54) is 55.3 Å². The first-order valence-corrected chi connectivity index (χ1v) is 19.0. The second-order valence-electron chi connectivity index (χ2n) is 14.8. The fraction of sp³-hybridized carbons (Fsp3) is 0.0189. The van der Waals surface area contributed by atoms with Crippen LogP contribution in [0.3, 0.4) is 0 Å². The fourth-order valence-electron chi connectivity index (χ4n) is 9.68. The Balaban J connectivity index is 0.928. The lowest BCUT2D eigenvalue weighted by atomic mass is 9.58. The van der Waals surface area contributed by atoms with E-state index in [1.807, 2.05) is 12.1 Å². The van der Waals surface area contributed by atoms with Crippen LogP contribution in [-0.2, 0) is 5.41 Å². The Morgan fingerprint density at radius 3 is 1.71 bits per heavy atom. The molecule has 9 aromatic carbocycles. The van der Waals surface area contributed by atoms with Crippen LogP contribution in [0.25, 0.3) is 66.1 Å². The molecule has 2 nitrogen and oxygen atoms in total. The second-order valence-corrected chi connectivity index (χ2v) is 14.8. The number of furan rings is 1. The van der Waals surface area contributed by atoms with Crippen molar-refractivity contribution in [3.63, 3.8) is 0 Å². The highest BCUT2D eigenvalue weighted by atomic mass is 16.3. The van der Waals surface area contributed by atoms with Crippen molar-refractivity contribution in [3.8, 4) is 33.4 Å². The van der Waals surface area contributed by atoms with Crippen LogP contribution < -0.4 is 4.90 Å². The molecule has 256 valence electrons. The summed E-state index contributed by atoms with van der Waals surface area (Å²) in [7, 11) is 0. The van der Waals surface area contributed by atoms with E-state index in [9.17, 15) is 0 Å². The molecule has 0 atom stereocenters. The average Bonchev–Trinajstić information content (AvgIpc) is 3.79. The second kappa shape index (κ2) is 11.4. The van der Waals surface area contributed by atoms with Crippen LogP contribution in [0.15, 0.2) is 205 Å². The molecule has 0 N–H and O–H groups in total. The van der Waals surface area contributed by atoms with Gasteiger partial charge in [-0.15, -0.1) is 0 Å². The number of rotatable bonds is 5. The number of hydrogen-bond acceptors (Lipinski definition) is 2. The molecule has 0 aliphatic heterocycles. The van der Waals surface area contributed by atoms with Crippen molar-refractivity contribution < 1.29 is 4.42 Å². The lowest BCUT2D eigenvalue weighted by Crippen LogP contribution is -2.36. The molecule has 0 bridgehead atoms. The van der Waals surface area contributed by atoms with Gasteiger partial charge in [0.05, 0.1) is 5.41 Å². The van der Waals surface area contributed by atoms with Crippen molar-refractivity contribution in [1.29, 1.82) is 0 Å². The highest BCUT2D eigenvalue weighted by Gasteiger charge is 2.52. The van der Waals surface area contributed by atoms with Gasteiger partial charge in [0.1, 0.15) is 11.2 Å². The minimum atomic E-state index is -0.246. The Morgan fingerprint density at radius 1 is 0.364 bits per heavy atom. The van der Waals surface area contributed by atoms with Gasteiger partial charge < -0.3 is 9.32 Å². The van der Waals surface area contributed by atoms with E-state index >= 15 is 0 Å². The molecule has 1 aromatic heterocycles. The molecule has 0 radical (unpaired) electrons. The Bertz CT molecular complexity index is 3100. The quantitative estimate of drug-likeness (QED) is 0.178. The summed E-state index contributed by atoms with van der Waals surface area (Å²) in [5.41, 5.74) is 17.8. The van der Waals surface area contributed by atoms with Gasteiger partial charge in [-0.2, -0.15) is 0 Å². The standard InChI is InChI=1S/C53H33NO/c1-2-13-38(14-3-1)54(40-30-25-35(26-31-40)41-17-10-18-45-44-16-5-7-22-50(44)55-52(41)45)39-28-23-34(24-29-39)37-27-32-43-42-15-4-6-19-46(42)53(49(43)33-37)47-20-8-11-36-12-9-21-48(53)51(36)47/h1-33H. The predicted octanol–water partition coefficient (Wildman–Crippen LogP) is 14.2. The fourth-order valence-corrected chi connectivity index (χ4v) is 9.68. The van der Waals surface area contributed by atoms with Crippen LogP contribution in [0, 0.1) is 0 Å². The van der Waals surface area contributed by atoms with E-state index in [2.05, 4.69) is 193 Å². The summed E-state index contributed by atoms with van der Waals surface area (Å²) < 4.78 is 6.38. The average molecular weight is 700 g/mol. The molecule has 0 amide bonds. The Morgan fingerprint density at radius 2 is 0.927 bits per heavy atom. The lowest BCUT2D eigenvalue weighted by Gasteiger charge is -2.43. The van der Waals surface area contributed by atoms with Crippen LogP contribution in [-0.4, -0.2) is 0 Å². The molecular formula is C53H33NO. The van der Waals surface area contributed by atoms with Gasteiger partial charge in [0, 0.05) is 33.4 Å². The molecule has 1 spiro atoms. The van der Waals surface area contributed by atoms with E-state index in [1.54, 1.807) is 0 Å². The minimum Gasteiger partial charge on any atom is -0.455 e. The highest BCUT2D eigenvalue weighted by Crippen LogP contribution is 2.64. The van der Waals surface area contributed by atoms with Crippen molar-refractivity contribution in [2.75, 3.05) is 4.90 Å². The van der Waals surface area contributed by atoms with Gasteiger partial charge in [-0.1, -0.05) is 152 Å². The molecule has 2 aliphatic carbocycles. The highest BCUT2D eigenvalue weighted by molar-refractivity contribution is 6.10.